The molecule has 4 rings (SSSR count). The number of ether oxygens (including phenoxy) is 2. The number of fused-ring (bicyclic) bond motifs is 1. The van der Waals surface area contributed by atoms with Crippen LogP contribution < -0.4 is 14.8 Å². The number of hydrogen-bond donors (Lipinski definition) is 1. The Bertz CT molecular complexity index is 1410. The largest absolute Gasteiger partial charge is 0.496 e. The number of nitrogens with zero attached hydrogens (tertiary/aromatic N) is 3. The predicted octanol–water partition coefficient (Wildman–Crippen LogP) is 5.43. The standard InChI is InChI=1S/C28H30N4O4/c1-17(2)32-27-24(16-29-32)18(3)22(19(4)30-27)14-15-26(33)36-21-12-10-20(11-13-21)31-28(34)23-8-6-7-9-25(23)35-5/h6-13,16-17H,14-15H2,1-5H3,(H,31,34). The lowest BCUT2D eigenvalue weighted by molar-refractivity contribution is -0.134. The van der Waals surface area contributed by atoms with Crippen molar-refractivity contribution in [2.75, 3.05) is 12.4 Å². The van der Waals surface area contributed by atoms with Crippen LogP contribution in [0.1, 0.15) is 53.5 Å². The molecule has 0 saturated heterocycles. The third-order valence-corrected chi connectivity index (χ3v) is 6.10. The summed E-state index contributed by atoms with van der Waals surface area (Å²) in [6.45, 7) is 8.15. The quantitative estimate of drug-likeness (QED) is 0.264. The number of rotatable bonds is 8. The van der Waals surface area contributed by atoms with Crippen LogP contribution in [0.2, 0.25) is 0 Å². The summed E-state index contributed by atoms with van der Waals surface area (Å²) in [5.74, 6) is 0.287. The number of anilines is 1. The van der Waals surface area contributed by atoms with Gasteiger partial charge in [0, 0.05) is 22.8 Å². The molecule has 0 aliphatic rings. The van der Waals surface area contributed by atoms with Gasteiger partial charge in [0.2, 0.25) is 0 Å². The van der Waals surface area contributed by atoms with Crippen molar-refractivity contribution >= 4 is 28.6 Å². The number of esters is 1. The Morgan fingerprint density at radius 3 is 2.47 bits per heavy atom. The van der Waals surface area contributed by atoms with Gasteiger partial charge in [-0.2, -0.15) is 5.10 Å². The van der Waals surface area contributed by atoms with E-state index in [-0.39, 0.29) is 24.3 Å². The minimum absolute atomic E-state index is 0.218. The molecule has 0 bridgehead atoms. The zero-order chi connectivity index (χ0) is 25.8. The summed E-state index contributed by atoms with van der Waals surface area (Å²) in [4.78, 5) is 29.9. The van der Waals surface area contributed by atoms with Crippen molar-refractivity contribution in [3.8, 4) is 11.5 Å². The molecular formula is C28H30N4O4. The third-order valence-electron chi connectivity index (χ3n) is 6.10. The highest BCUT2D eigenvalue weighted by molar-refractivity contribution is 6.06. The molecule has 36 heavy (non-hydrogen) atoms. The third kappa shape index (κ3) is 5.22. The number of pyridine rings is 1. The second-order valence-electron chi connectivity index (χ2n) is 8.87. The van der Waals surface area contributed by atoms with Crippen LogP contribution in [0.25, 0.3) is 11.0 Å². The monoisotopic (exact) mass is 486 g/mol. The number of hydrogen-bond acceptors (Lipinski definition) is 6. The Balaban J connectivity index is 1.37. The second kappa shape index (κ2) is 10.6. The normalized spacial score (nSPS) is 11.1. The topological polar surface area (TPSA) is 95.3 Å². The van der Waals surface area contributed by atoms with Gasteiger partial charge in [-0.25, -0.2) is 9.67 Å². The Labute approximate surface area is 210 Å². The maximum Gasteiger partial charge on any atom is 0.311 e. The number of para-hydroxylation sites is 1. The molecule has 1 amide bonds. The number of aromatic nitrogens is 3. The lowest BCUT2D eigenvalue weighted by Gasteiger charge is -2.12. The van der Waals surface area contributed by atoms with Gasteiger partial charge in [0.25, 0.3) is 5.91 Å². The summed E-state index contributed by atoms with van der Waals surface area (Å²) in [7, 11) is 1.52. The first kappa shape index (κ1) is 24.9. The molecule has 0 atom stereocenters. The Morgan fingerprint density at radius 1 is 1.06 bits per heavy atom. The number of amides is 1. The van der Waals surface area contributed by atoms with E-state index < -0.39 is 0 Å². The summed E-state index contributed by atoms with van der Waals surface area (Å²) in [5, 5.41) is 8.30. The van der Waals surface area contributed by atoms with Gasteiger partial charge in [-0.05, 0) is 81.6 Å². The molecule has 0 aliphatic heterocycles. The molecule has 0 fully saturated rings. The van der Waals surface area contributed by atoms with Crippen LogP contribution in [-0.2, 0) is 11.2 Å². The van der Waals surface area contributed by atoms with Gasteiger partial charge < -0.3 is 14.8 Å². The molecule has 2 aromatic heterocycles. The first-order valence-electron chi connectivity index (χ1n) is 11.9. The highest BCUT2D eigenvalue weighted by atomic mass is 16.5. The van der Waals surface area contributed by atoms with Crippen LogP contribution in [-0.4, -0.2) is 33.8 Å². The van der Waals surface area contributed by atoms with Gasteiger partial charge in [-0.1, -0.05) is 12.1 Å². The molecule has 0 radical (unpaired) electrons. The lowest BCUT2D eigenvalue weighted by atomic mass is 10.0. The predicted molar refractivity (Wildman–Crippen MR) is 139 cm³/mol. The second-order valence-corrected chi connectivity index (χ2v) is 8.87. The minimum atomic E-state index is -0.336. The molecule has 8 heteroatoms. The number of nitrogens with one attached hydrogen (secondary N) is 1. The Hall–Kier alpha value is -4.20. The van der Waals surface area contributed by atoms with E-state index >= 15 is 0 Å². The van der Waals surface area contributed by atoms with Crippen molar-refractivity contribution in [1.29, 1.82) is 0 Å². The summed E-state index contributed by atoms with van der Waals surface area (Å²) in [6.07, 6.45) is 2.59. The van der Waals surface area contributed by atoms with E-state index in [9.17, 15) is 9.59 Å². The van der Waals surface area contributed by atoms with E-state index in [1.807, 2.05) is 24.7 Å². The van der Waals surface area contributed by atoms with E-state index in [0.29, 0.717) is 29.2 Å². The Kier molecular flexibility index (Phi) is 7.33. The van der Waals surface area contributed by atoms with Crippen LogP contribution in [0.5, 0.6) is 11.5 Å². The summed E-state index contributed by atoms with van der Waals surface area (Å²) < 4.78 is 12.7. The lowest BCUT2D eigenvalue weighted by Crippen LogP contribution is -2.13. The van der Waals surface area contributed by atoms with Crippen LogP contribution >= 0.6 is 0 Å². The zero-order valence-electron chi connectivity index (χ0n) is 21.2. The molecule has 0 aliphatic carbocycles. The van der Waals surface area contributed by atoms with Crippen molar-refractivity contribution in [1.82, 2.24) is 14.8 Å². The fourth-order valence-electron chi connectivity index (χ4n) is 4.18. The van der Waals surface area contributed by atoms with Gasteiger partial charge in [-0.15, -0.1) is 0 Å². The fourth-order valence-corrected chi connectivity index (χ4v) is 4.18. The highest BCUT2D eigenvalue weighted by Gasteiger charge is 2.17. The van der Waals surface area contributed by atoms with E-state index in [2.05, 4.69) is 24.3 Å². The number of carbonyl (C=O) groups is 2. The van der Waals surface area contributed by atoms with Crippen molar-refractivity contribution in [2.24, 2.45) is 0 Å². The maximum absolute atomic E-state index is 12.6. The molecule has 4 aromatic rings. The van der Waals surface area contributed by atoms with Crippen molar-refractivity contribution < 1.29 is 19.1 Å². The average molecular weight is 487 g/mol. The number of methoxy groups -OCH3 is 1. The number of carbonyl (C=O) groups excluding carboxylic acids is 2. The first-order chi connectivity index (χ1) is 17.3. The molecule has 0 saturated carbocycles. The highest BCUT2D eigenvalue weighted by Crippen LogP contribution is 2.26. The number of aryl methyl sites for hydroxylation is 2. The summed E-state index contributed by atoms with van der Waals surface area (Å²) in [5.41, 5.74) is 4.91. The van der Waals surface area contributed by atoms with E-state index in [1.165, 1.54) is 7.11 Å². The molecular weight excluding hydrogens is 456 g/mol. The molecule has 0 unspecified atom stereocenters. The van der Waals surface area contributed by atoms with Gasteiger partial charge >= 0.3 is 5.97 Å². The smallest absolute Gasteiger partial charge is 0.311 e. The first-order valence-corrected chi connectivity index (χ1v) is 11.9. The maximum atomic E-state index is 12.6. The molecule has 2 aromatic carbocycles. The van der Waals surface area contributed by atoms with Crippen molar-refractivity contribution in [3.05, 3.63) is 77.1 Å². The molecule has 2 heterocycles. The zero-order valence-corrected chi connectivity index (χ0v) is 21.2. The SMILES string of the molecule is COc1ccccc1C(=O)Nc1ccc(OC(=O)CCc2c(C)nc3c(cnn3C(C)C)c2C)cc1. The van der Waals surface area contributed by atoms with Crippen LogP contribution in [0, 0.1) is 13.8 Å². The molecule has 8 nitrogen and oxygen atoms in total. The van der Waals surface area contributed by atoms with Gasteiger partial charge in [0.1, 0.15) is 11.5 Å². The molecule has 0 spiro atoms. The van der Waals surface area contributed by atoms with E-state index in [1.54, 1.807) is 48.5 Å². The molecule has 186 valence electrons. The van der Waals surface area contributed by atoms with Gasteiger partial charge in [-0.3, -0.25) is 9.59 Å². The van der Waals surface area contributed by atoms with Crippen LogP contribution in [0.3, 0.4) is 0 Å². The summed E-state index contributed by atoms with van der Waals surface area (Å²) in [6, 6.07) is 13.9. The van der Waals surface area contributed by atoms with Gasteiger partial charge in [0.05, 0.1) is 25.3 Å². The van der Waals surface area contributed by atoms with Crippen LogP contribution in [0.15, 0.2) is 54.7 Å². The number of benzene rings is 2. The van der Waals surface area contributed by atoms with Crippen LogP contribution in [0.4, 0.5) is 5.69 Å². The van der Waals surface area contributed by atoms with Crippen molar-refractivity contribution in [3.63, 3.8) is 0 Å². The Morgan fingerprint density at radius 2 is 1.78 bits per heavy atom. The minimum Gasteiger partial charge on any atom is -0.496 e. The molecule has 1 N–H and O–H groups in total. The fraction of sp³-hybridized carbons (Fsp3) is 0.286. The van der Waals surface area contributed by atoms with E-state index in [4.69, 9.17) is 14.5 Å². The average Bonchev–Trinajstić information content (AvgIpc) is 3.29. The van der Waals surface area contributed by atoms with Crippen molar-refractivity contribution in [2.45, 2.75) is 46.6 Å². The summed E-state index contributed by atoms with van der Waals surface area (Å²) >= 11 is 0. The van der Waals surface area contributed by atoms with Gasteiger partial charge in [0.15, 0.2) is 5.65 Å². The van der Waals surface area contributed by atoms with E-state index in [0.717, 1.165) is 27.9 Å².